The normalized spacial score (nSPS) is 10.7. The molecule has 0 saturated heterocycles. The molecule has 0 bridgehead atoms. The van der Waals surface area contributed by atoms with E-state index in [0.717, 1.165) is 21.9 Å². The van der Waals surface area contributed by atoms with Gasteiger partial charge < -0.3 is 5.11 Å². The molecule has 1 heterocycles. The molecule has 0 unspecified atom stereocenters. The van der Waals surface area contributed by atoms with Crippen LogP contribution in [0.15, 0.2) is 58.5 Å². The van der Waals surface area contributed by atoms with Gasteiger partial charge >= 0.3 is 5.97 Å². The fourth-order valence-electron chi connectivity index (χ4n) is 1.92. The molecule has 3 aromatic rings. The highest BCUT2D eigenvalue weighted by Crippen LogP contribution is 2.32. The van der Waals surface area contributed by atoms with Gasteiger partial charge in [-0.25, -0.2) is 9.18 Å². The smallest absolute Gasteiger partial charge is 0.338 e. The molecule has 0 aliphatic rings. The average molecular weight is 300 g/mol. The minimum atomic E-state index is -1.28. The molecule has 21 heavy (non-hydrogen) atoms. The van der Waals surface area contributed by atoms with E-state index in [9.17, 15) is 9.18 Å². The van der Waals surface area contributed by atoms with E-state index in [0.29, 0.717) is 4.90 Å². The largest absolute Gasteiger partial charge is 0.478 e. The van der Waals surface area contributed by atoms with Crippen molar-refractivity contribution in [3.05, 3.63) is 60.0 Å². The van der Waals surface area contributed by atoms with Crippen molar-refractivity contribution in [2.75, 3.05) is 0 Å². The Morgan fingerprint density at radius 3 is 2.81 bits per heavy atom. The van der Waals surface area contributed by atoms with Crippen LogP contribution in [-0.2, 0) is 0 Å². The fraction of sp³-hybridized carbons (Fsp3) is 0. The number of aromatic nitrogens is 2. The van der Waals surface area contributed by atoms with Gasteiger partial charge in [0, 0.05) is 15.2 Å². The molecular formula is C15H9FN2O2S. The van der Waals surface area contributed by atoms with Gasteiger partial charge in [0.25, 0.3) is 0 Å². The minimum absolute atomic E-state index is 0.341. The number of halogens is 1. The van der Waals surface area contributed by atoms with Crippen LogP contribution in [0.3, 0.4) is 0 Å². The second kappa shape index (κ2) is 5.49. The monoisotopic (exact) mass is 300 g/mol. The van der Waals surface area contributed by atoms with Gasteiger partial charge in [0.15, 0.2) is 0 Å². The lowest BCUT2D eigenvalue weighted by molar-refractivity contribution is 0.0691. The van der Waals surface area contributed by atoms with Crippen LogP contribution in [0, 0.1) is 5.82 Å². The summed E-state index contributed by atoms with van der Waals surface area (Å²) >= 11 is 1.32. The van der Waals surface area contributed by atoms with Crippen LogP contribution in [0.4, 0.5) is 4.39 Å². The maximum absolute atomic E-state index is 13.4. The van der Waals surface area contributed by atoms with Crippen molar-refractivity contribution in [1.29, 1.82) is 0 Å². The van der Waals surface area contributed by atoms with Gasteiger partial charge in [0.2, 0.25) is 0 Å². The summed E-state index contributed by atoms with van der Waals surface area (Å²) in [6, 6.07) is 11.5. The molecule has 104 valence electrons. The molecule has 0 amide bonds. The third-order valence-corrected chi connectivity index (χ3v) is 3.94. The number of hydrogen-bond donors (Lipinski definition) is 1. The summed E-state index contributed by atoms with van der Waals surface area (Å²) < 4.78 is 13.4. The summed E-state index contributed by atoms with van der Waals surface area (Å²) in [5.74, 6) is -2.03. The Labute approximate surface area is 123 Å². The zero-order valence-corrected chi connectivity index (χ0v) is 11.5. The number of nitrogens with zero attached hydrogens (tertiary/aromatic N) is 2. The maximum atomic E-state index is 13.4. The number of carboxylic acid groups (broad SMARTS) is 1. The molecule has 4 nitrogen and oxygen atoms in total. The number of carboxylic acids is 1. The Morgan fingerprint density at radius 1 is 1.19 bits per heavy atom. The lowest BCUT2D eigenvalue weighted by atomic mass is 10.2. The molecule has 6 heteroatoms. The van der Waals surface area contributed by atoms with E-state index in [-0.39, 0.29) is 5.56 Å². The number of rotatable bonds is 3. The van der Waals surface area contributed by atoms with Gasteiger partial charge in [-0.1, -0.05) is 30.0 Å². The van der Waals surface area contributed by atoms with E-state index < -0.39 is 11.8 Å². The van der Waals surface area contributed by atoms with Crippen LogP contribution in [0.25, 0.3) is 10.9 Å². The number of carbonyl (C=O) groups is 1. The molecule has 3 rings (SSSR count). The molecule has 2 aromatic carbocycles. The number of hydrogen-bond acceptors (Lipinski definition) is 4. The van der Waals surface area contributed by atoms with E-state index in [1.54, 1.807) is 12.3 Å². The van der Waals surface area contributed by atoms with E-state index >= 15 is 0 Å². The molecule has 0 atom stereocenters. The van der Waals surface area contributed by atoms with Crippen molar-refractivity contribution in [2.24, 2.45) is 0 Å². The third kappa shape index (κ3) is 2.71. The van der Waals surface area contributed by atoms with Crippen LogP contribution in [-0.4, -0.2) is 21.3 Å². The Kier molecular flexibility index (Phi) is 3.53. The first kappa shape index (κ1) is 13.5. The molecule has 0 radical (unpaired) electrons. The van der Waals surface area contributed by atoms with Crippen molar-refractivity contribution >= 4 is 28.6 Å². The summed E-state index contributed by atoms with van der Waals surface area (Å²) in [5, 5.41) is 17.8. The first-order valence-corrected chi connectivity index (χ1v) is 6.88. The van der Waals surface area contributed by atoms with Crippen molar-refractivity contribution in [2.45, 2.75) is 9.79 Å². The van der Waals surface area contributed by atoms with E-state index in [1.807, 2.05) is 24.3 Å². The second-order valence-corrected chi connectivity index (χ2v) is 5.39. The summed E-state index contributed by atoms with van der Waals surface area (Å²) in [5.41, 5.74) is 0.411. The zero-order valence-electron chi connectivity index (χ0n) is 10.7. The Hall–Kier alpha value is -2.47. The molecule has 0 saturated carbocycles. The Morgan fingerprint density at radius 2 is 2.00 bits per heavy atom. The van der Waals surface area contributed by atoms with Crippen LogP contribution in [0.5, 0.6) is 0 Å². The Bertz CT molecular complexity index is 834. The maximum Gasteiger partial charge on any atom is 0.338 e. The van der Waals surface area contributed by atoms with Gasteiger partial charge in [-0.3, -0.25) is 0 Å². The lowest BCUT2D eigenvalue weighted by Gasteiger charge is -2.06. The molecule has 0 aliphatic carbocycles. The van der Waals surface area contributed by atoms with Crippen LogP contribution >= 0.6 is 11.8 Å². The van der Waals surface area contributed by atoms with Gasteiger partial charge in [-0.2, -0.15) is 10.2 Å². The van der Waals surface area contributed by atoms with E-state index in [1.165, 1.54) is 17.8 Å². The van der Waals surface area contributed by atoms with E-state index in [4.69, 9.17) is 5.11 Å². The first-order chi connectivity index (χ1) is 10.1. The molecule has 1 aromatic heterocycles. The topological polar surface area (TPSA) is 63.1 Å². The van der Waals surface area contributed by atoms with Crippen molar-refractivity contribution in [3.63, 3.8) is 0 Å². The van der Waals surface area contributed by atoms with Gasteiger partial charge in [0.05, 0.1) is 17.3 Å². The van der Waals surface area contributed by atoms with Gasteiger partial charge in [0.1, 0.15) is 5.82 Å². The predicted octanol–water partition coefficient (Wildman–Crippen LogP) is 3.62. The van der Waals surface area contributed by atoms with Crippen LogP contribution in [0.1, 0.15) is 10.4 Å². The van der Waals surface area contributed by atoms with Crippen LogP contribution < -0.4 is 0 Å². The highest BCUT2D eigenvalue weighted by Gasteiger charge is 2.12. The summed E-state index contributed by atoms with van der Waals surface area (Å²) in [6.45, 7) is 0. The van der Waals surface area contributed by atoms with E-state index in [2.05, 4.69) is 10.2 Å². The fourth-order valence-corrected chi connectivity index (χ4v) is 2.87. The zero-order chi connectivity index (χ0) is 14.8. The highest BCUT2D eigenvalue weighted by atomic mass is 32.2. The van der Waals surface area contributed by atoms with Gasteiger partial charge in [-0.05, 0) is 24.3 Å². The third-order valence-electron chi connectivity index (χ3n) is 2.91. The molecule has 0 fully saturated rings. The Balaban J connectivity index is 2.03. The van der Waals surface area contributed by atoms with Crippen molar-refractivity contribution in [1.82, 2.24) is 10.2 Å². The predicted molar refractivity (Wildman–Crippen MR) is 77.0 cm³/mol. The first-order valence-electron chi connectivity index (χ1n) is 6.06. The second-order valence-electron chi connectivity index (χ2n) is 4.27. The number of fused-ring (bicyclic) bond motifs is 1. The molecule has 1 N–H and O–H groups in total. The minimum Gasteiger partial charge on any atom is -0.478 e. The number of benzene rings is 2. The molecule has 0 spiro atoms. The summed E-state index contributed by atoms with van der Waals surface area (Å²) in [6.07, 6.45) is 1.61. The SMILES string of the molecule is O=C(O)c1cc(Sc2cnnc3ccccc23)ccc1F. The van der Waals surface area contributed by atoms with Gasteiger partial charge in [-0.15, -0.1) is 0 Å². The van der Waals surface area contributed by atoms with Crippen LogP contribution in [0.2, 0.25) is 0 Å². The van der Waals surface area contributed by atoms with Crippen molar-refractivity contribution in [3.8, 4) is 0 Å². The number of aromatic carboxylic acids is 1. The quantitative estimate of drug-likeness (QED) is 0.800. The molecule has 0 aliphatic heterocycles. The summed E-state index contributed by atoms with van der Waals surface area (Å²) in [7, 11) is 0. The molecular weight excluding hydrogens is 291 g/mol. The summed E-state index contributed by atoms with van der Waals surface area (Å²) in [4.78, 5) is 12.4. The highest BCUT2D eigenvalue weighted by molar-refractivity contribution is 7.99. The van der Waals surface area contributed by atoms with Crippen molar-refractivity contribution < 1.29 is 14.3 Å². The average Bonchev–Trinajstić information content (AvgIpc) is 2.49. The lowest BCUT2D eigenvalue weighted by Crippen LogP contribution is -2.00. The standard InChI is InChI=1S/C15H9FN2O2S/c16-12-6-5-9(7-11(12)15(19)20)21-14-8-17-18-13-4-2-1-3-10(13)14/h1-8H,(H,19,20).